The number of carbonyl (C=O) groups is 1. The van der Waals surface area contributed by atoms with Crippen LogP contribution < -0.4 is 40.2 Å². The summed E-state index contributed by atoms with van der Waals surface area (Å²) in [4.78, 5) is 37.2. The number of hydrogen-bond acceptors (Lipinski definition) is 7. The van der Waals surface area contributed by atoms with E-state index in [9.17, 15) is 18.8 Å². The summed E-state index contributed by atoms with van der Waals surface area (Å²) in [5.74, 6) is -1.34. The van der Waals surface area contributed by atoms with Gasteiger partial charge in [0.15, 0.2) is 0 Å². The zero-order valence-corrected chi connectivity index (χ0v) is 11.7. The van der Waals surface area contributed by atoms with Crippen LogP contribution in [-0.2, 0) is 22.8 Å². The van der Waals surface area contributed by atoms with Crippen LogP contribution in [-0.4, -0.2) is 21.8 Å². The van der Waals surface area contributed by atoms with Crippen molar-refractivity contribution in [2.24, 2.45) is 5.73 Å². The molecule has 0 rings (SSSR count). The molecule has 4 N–H and O–H groups in total. The molecule has 9 nitrogen and oxygen atoms in total. The maximum absolute atomic E-state index is 10.6. The second-order valence-electron chi connectivity index (χ2n) is 2.22. The van der Waals surface area contributed by atoms with Crippen molar-refractivity contribution in [1.82, 2.24) is 0 Å². The molecule has 3 atom stereocenters. The van der Waals surface area contributed by atoms with E-state index in [1.54, 1.807) is 0 Å². The molecule has 0 aromatic heterocycles. The quantitative estimate of drug-likeness (QED) is 0.338. The average Bonchev–Trinajstić information content (AvgIpc) is 1.78. The Labute approximate surface area is 107 Å². The van der Waals surface area contributed by atoms with Crippen LogP contribution in [0.4, 0.5) is 0 Å². The summed E-state index contributed by atoms with van der Waals surface area (Å²) in [6, 6.07) is -1.23. The number of phosphoric ester groups is 1. The van der Waals surface area contributed by atoms with Gasteiger partial charge in [0.1, 0.15) is 6.04 Å². The molecule has 12 heteroatoms. The van der Waals surface area contributed by atoms with Gasteiger partial charge in [-0.1, -0.05) is 0 Å². The van der Waals surface area contributed by atoms with Crippen LogP contribution in [0.2, 0.25) is 0 Å². The molecule has 0 aromatic rings. The van der Waals surface area contributed by atoms with Crippen molar-refractivity contribution in [1.29, 1.82) is 0 Å². The molecule has 0 aliphatic carbocycles. The van der Waals surface area contributed by atoms with E-state index in [0.717, 1.165) is 6.92 Å². The van der Waals surface area contributed by atoms with Crippen LogP contribution in [0.25, 0.3) is 0 Å². The van der Waals surface area contributed by atoms with Crippen LogP contribution in [0.1, 0.15) is 6.92 Å². The molecule has 0 radical (unpaired) electrons. The minimum atomic E-state index is -5.45. The van der Waals surface area contributed by atoms with E-state index in [-0.39, 0.29) is 29.6 Å². The minimum Gasteiger partial charge on any atom is -0.756 e. The molecule has 84 valence electrons. The predicted octanol–water partition coefficient (Wildman–Crippen LogP) is -4.54. The van der Waals surface area contributed by atoms with Gasteiger partial charge in [-0.25, -0.2) is 13.7 Å². The summed E-state index contributed by atoms with van der Waals surface area (Å²) in [5, 5.41) is 0. The SMILES string of the molecule is CC(N)C(=O)OP(=O)(O)OP(=O)([O-])O.[Na+]. The zero-order chi connectivity index (χ0) is 11.6. The molecule has 0 aliphatic heterocycles. The third-order valence-corrected chi connectivity index (χ3v) is 2.85. The van der Waals surface area contributed by atoms with Crippen molar-refractivity contribution >= 4 is 21.6 Å². The fourth-order valence-corrected chi connectivity index (χ4v) is 1.91. The monoisotopic (exact) mass is 271 g/mol. The molecule has 0 aliphatic rings. The largest absolute Gasteiger partial charge is 1.00 e. The first kappa shape index (κ1) is 18.1. The molecule has 0 saturated carbocycles. The summed E-state index contributed by atoms with van der Waals surface area (Å²) < 4.78 is 27.5. The molecule has 0 saturated heterocycles. The molecule has 3 unspecified atom stereocenters. The summed E-state index contributed by atoms with van der Waals surface area (Å²) in [7, 11) is -10.6. The molecule has 0 aromatic carbocycles. The first-order valence-corrected chi connectivity index (χ1v) is 6.09. The fourth-order valence-electron chi connectivity index (χ4n) is 0.344. The van der Waals surface area contributed by atoms with E-state index in [0.29, 0.717) is 0 Å². The molecular formula is C3H8NNaO8P2. The van der Waals surface area contributed by atoms with Crippen molar-refractivity contribution < 1.29 is 67.0 Å². The Hall–Kier alpha value is 0.730. The van der Waals surface area contributed by atoms with Crippen LogP contribution in [0.15, 0.2) is 0 Å². The molecule has 15 heavy (non-hydrogen) atoms. The van der Waals surface area contributed by atoms with Crippen LogP contribution in [0.3, 0.4) is 0 Å². The summed E-state index contributed by atoms with van der Waals surface area (Å²) in [6.45, 7) is 1.14. The van der Waals surface area contributed by atoms with Gasteiger partial charge in [0, 0.05) is 0 Å². The van der Waals surface area contributed by atoms with Gasteiger partial charge in [-0.05, 0) is 6.92 Å². The van der Waals surface area contributed by atoms with Crippen molar-refractivity contribution in [2.75, 3.05) is 0 Å². The van der Waals surface area contributed by atoms with E-state index in [2.05, 4.69) is 8.83 Å². The molecule has 0 amide bonds. The maximum Gasteiger partial charge on any atom is 1.00 e. The number of hydrogen-bond donors (Lipinski definition) is 3. The van der Waals surface area contributed by atoms with E-state index in [1.807, 2.05) is 0 Å². The van der Waals surface area contributed by atoms with Crippen molar-refractivity contribution in [3.05, 3.63) is 0 Å². The van der Waals surface area contributed by atoms with Gasteiger partial charge in [-0.3, -0.25) is 9.46 Å². The average molecular weight is 271 g/mol. The van der Waals surface area contributed by atoms with Crippen LogP contribution in [0, 0.1) is 0 Å². The van der Waals surface area contributed by atoms with E-state index < -0.39 is 27.7 Å². The van der Waals surface area contributed by atoms with Crippen LogP contribution >= 0.6 is 15.6 Å². The second kappa shape index (κ2) is 6.46. The third-order valence-electron chi connectivity index (χ3n) is 0.783. The summed E-state index contributed by atoms with van der Waals surface area (Å²) in [6.07, 6.45) is 0. The standard InChI is InChI=1S/C3H9NO8P2.Na/c1-2(4)3(5)11-14(9,10)12-13(6,7)8;/h2H,4H2,1H3,(H,9,10)(H2,6,7,8);/q;+1/p-1. The van der Waals surface area contributed by atoms with Gasteiger partial charge in [-0.15, -0.1) is 0 Å². The molecule has 0 fully saturated rings. The van der Waals surface area contributed by atoms with Gasteiger partial charge in [0.2, 0.25) is 0 Å². The van der Waals surface area contributed by atoms with Gasteiger partial charge in [0.05, 0.1) is 0 Å². The zero-order valence-electron chi connectivity index (χ0n) is 7.89. The minimum absolute atomic E-state index is 0. The first-order valence-electron chi connectivity index (χ1n) is 3.10. The molecule has 0 spiro atoms. The molecule has 0 bridgehead atoms. The summed E-state index contributed by atoms with van der Waals surface area (Å²) >= 11 is 0. The smallest absolute Gasteiger partial charge is 0.756 e. The number of carbonyl (C=O) groups excluding carboxylic acids is 1. The van der Waals surface area contributed by atoms with E-state index >= 15 is 0 Å². The summed E-state index contributed by atoms with van der Waals surface area (Å²) in [5.41, 5.74) is 4.93. The number of phosphoric acid groups is 2. The fraction of sp³-hybridized carbons (Fsp3) is 0.667. The Balaban J connectivity index is 0. The van der Waals surface area contributed by atoms with Crippen molar-refractivity contribution in [2.45, 2.75) is 13.0 Å². The Morgan fingerprint density at radius 3 is 2.13 bits per heavy atom. The van der Waals surface area contributed by atoms with Gasteiger partial charge in [-0.2, -0.15) is 0 Å². The van der Waals surface area contributed by atoms with Gasteiger partial charge in [0.25, 0.3) is 7.82 Å². The van der Waals surface area contributed by atoms with Gasteiger partial charge < -0.3 is 20.0 Å². The Bertz CT molecular complexity index is 311. The van der Waals surface area contributed by atoms with Crippen LogP contribution in [0.5, 0.6) is 0 Å². The van der Waals surface area contributed by atoms with Crippen molar-refractivity contribution in [3.63, 3.8) is 0 Å². The number of nitrogens with two attached hydrogens (primary N) is 1. The topological polar surface area (TPSA) is 159 Å². The van der Waals surface area contributed by atoms with Crippen molar-refractivity contribution in [3.8, 4) is 0 Å². The van der Waals surface area contributed by atoms with E-state index in [4.69, 9.17) is 15.5 Å². The molecule has 0 heterocycles. The normalized spacial score (nSPS) is 20.3. The maximum atomic E-state index is 10.6. The predicted molar refractivity (Wildman–Crippen MR) is 40.5 cm³/mol. The Morgan fingerprint density at radius 1 is 1.47 bits per heavy atom. The molecular weight excluding hydrogens is 263 g/mol. The second-order valence-corrected chi connectivity index (χ2v) is 4.93. The Kier molecular flexibility index (Phi) is 7.80. The first-order chi connectivity index (χ1) is 6.03. The van der Waals surface area contributed by atoms with E-state index in [1.165, 1.54) is 0 Å². The number of rotatable bonds is 4. The Morgan fingerprint density at radius 2 is 1.87 bits per heavy atom. The third kappa shape index (κ3) is 9.65. The van der Waals surface area contributed by atoms with Gasteiger partial charge >= 0.3 is 43.3 Å².